The number of alkyl halides is 1. The van der Waals surface area contributed by atoms with Crippen LogP contribution in [0.2, 0.25) is 0 Å². The molecule has 1 aromatic rings. The number of anilines is 1. The average Bonchev–Trinajstić information content (AvgIpc) is 2.36. The first-order valence-corrected chi connectivity index (χ1v) is 6.62. The Morgan fingerprint density at radius 3 is 2.76 bits per heavy atom. The van der Waals surface area contributed by atoms with Crippen molar-refractivity contribution < 1.29 is 4.74 Å². The molecule has 0 amide bonds. The monoisotopic (exact) mass is 255 g/mol. The van der Waals surface area contributed by atoms with Crippen molar-refractivity contribution >= 4 is 17.3 Å². The summed E-state index contributed by atoms with van der Waals surface area (Å²) in [5.41, 5.74) is 1.20. The van der Waals surface area contributed by atoms with Crippen molar-refractivity contribution in [1.82, 2.24) is 0 Å². The lowest BCUT2D eigenvalue weighted by atomic mass is 10.1. The number of halogens is 1. The zero-order valence-electron chi connectivity index (χ0n) is 10.9. The van der Waals surface area contributed by atoms with E-state index < -0.39 is 0 Å². The fourth-order valence-corrected chi connectivity index (χ4v) is 2.09. The Morgan fingerprint density at radius 2 is 2.12 bits per heavy atom. The van der Waals surface area contributed by atoms with Gasteiger partial charge in [-0.15, -0.1) is 11.6 Å². The third kappa shape index (κ3) is 4.86. The van der Waals surface area contributed by atoms with Crippen LogP contribution in [0.3, 0.4) is 0 Å². The molecule has 1 atom stereocenters. The Hall–Kier alpha value is -0.890. The summed E-state index contributed by atoms with van der Waals surface area (Å²) >= 11 is 5.74. The highest BCUT2D eigenvalue weighted by Gasteiger charge is 2.05. The van der Waals surface area contributed by atoms with Crippen LogP contribution in [0.4, 0.5) is 5.69 Å². The molecule has 1 unspecified atom stereocenters. The lowest BCUT2D eigenvalue weighted by Crippen LogP contribution is -2.20. The van der Waals surface area contributed by atoms with Crippen molar-refractivity contribution in [3.8, 4) is 5.75 Å². The lowest BCUT2D eigenvalue weighted by molar-refractivity contribution is 0.414. The first-order chi connectivity index (χ1) is 8.17. The summed E-state index contributed by atoms with van der Waals surface area (Å²) in [5.74, 6) is 2.34. The van der Waals surface area contributed by atoms with Crippen molar-refractivity contribution in [1.29, 1.82) is 0 Å². The van der Waals surface area contributed by atoms with E-state index in [1.165, 1.54) is 12.1 Å². The Kier molecular flexibility index (Phi) is 6.20. The van der Waals surface area contributed by atoms with E-state index in [-0.39, 0.29) is 0 Å². The minimum Gasteiger partial charge on any atom is -0.497 e. The van der Waals surface area contributed by atoms with Crippen LogP contribution in [0, 0.1) is 5.92 Å². The van der Waals surface area contributed by atoms with E-state index in [1.54, 1.807) is 7.11 Å². The molecule has 1 rings (SSSR count). The smallest absolute Gasteiger partial charge is 0.120 e. The number of nitrogens with zero attached hydrogens (tertiary/aromatic N) is 1. The molecule has 0 saturated carbocycles. The Morgan fingerprint density at radius 1 is 1.35 bits per heavy atom. The normalized spacial score (nSPS) is 12.2. The van der Waals surface area contributed by atoms with Gasteiger partial charge in [-0.1, -0.05) is 13.0 Å². The van der Waals surface area contributed by atoms with Crippen LogP contribution in [0.1, 0.15) is 19.8 Å². The molecule has 0 spiro atoms. The molecule has 0 aromatic heterocycles. The molecule has 2 nitrogen and oxygen atoms in total. The predicted octanol–water partition coefficient (Wildman–Crippen LogP) is 3.79. The fraction of sp³-hybridized carbons (Fsp3) is 0.571. The molecule has 0 bridgehead atoms. The van der Waals surface area contributed by atoms with Gasteiger partial charge in [0, 0.05) is 31.2 Å². The van der Waals surface area contributed by atoms with Gasteiger partial charge in [-0.3, -0.25) is 0 Å². The van der Waals surface area contributed by atoms with Crippen LogP contribution < -0.4 is 9.64 Å². The van der Waals surface area contributed by atoms with E-state index in [4.69, 9.17) is 16.3 Å². The van der Waals surface area contributed by atoms with Gasteiger partial charge in [-0.25, -0.2) is 0 Å². The number of ether oxygens (including phenoxy) is 1. The molecule has 0 fully saturated rings. The van der Waals surface area contributed by atoms with E-state index in [1.807, 2.05) is 12.1 Å². The third-order valence-electron chi connectivity index (χ3n) is 3.05. The zero-order valence-corrected chi connectivity index (χ0v) is 11.7. The van der Waals surface area contributed by atoms with Gasteiger partial charge in [0.05, 0.1) is 7.11 Å². The van der Waals surface area contributed by atoms with Crippen LogP contribution in [0.15, 0.2) is 24.3 Å². The zero-order chi connectivity index (χ0) is 12.7. The number of hydrogen-bond donors (Lipinski definition) is 0. The molecule has 96 valence electrons. The van der Waals surface area contributed by atoms with Gasteiger partial charge in [0.15, 0.2) is 0 Å². The second-order valence-electron chi connectivity index (χ2n) is 4.49. The first-order valence-electron chi connectivity index (χ1n) is 6.08. The second-order valence-corrected chi connectivity index (χ2v) is 4.87. The van der Waals surface area contributed by atoms with E-state index in [0.717, 1.165) is 24.6 Å². The van der Waals surface area contributed by atoms with Crippen molar-refractivity contribution in [2.24, 2.45) is 5.92 Å². The summed E-state index contributed by atoms with van der Waals surface area (Å²) in [6.07, 6.45) is 2.26. The summed E-state index contributed by atoms with van der Waals surface area (Å²) in [6.45, 7) is 3.30. The van der Waals surface area contributed by atoms with Crippen LogP contribution in [0.25, 0.3) is 0 Å². The predicted molar refractivity (Wildman–Crippen MR) is 75.4 cm³/mol. The highest BCUT2D eigenvalue weighted by molar-refractivity contribution is 6.17. The minimum atomic E-state index is 0.681. The summed E-state index contributed by atoms with van der Waals surface area (Å²) in [4.78, 5) is 2.26. The third-order valence-corrected chi connectivity index (χ3v) is 3.27. The van der Waals surface area contributed by atoms with Gasteiger partial charge >= 0.3 is 0 Å². The molecule has 0 aliphatic rings. The maximum Gasteiger partial charge on any atom is 0.120 e. The number of benzene rings is 1. The summed E-state index contributed by atoms with van der Waals surface area (Å²) in [5, 5.41) is 0. The van der Waals surface area contributed by atoms with Gasteiger partial charge in [-0.05, 0) is 30.9 Å². The summed E-state index contributed by atoms with van der Waals surface area (Å²) in [6, 6.07) is 8.15. The maximum absolute atomic E-state index is 5.74. The van der Waals surface area contributed by atoms with Crippen molar-refractivity contribution in [2.45, 2.75) is 19.8 Å². The molecule has 0 N–H and O–H groups in total. The summed E-state index contributed by atoms with van der Waals surface area (Å²) in [7, 11) is 3.81. The minimum absolute atomic E-state index is 0.681. The highest BCUT2D eigenvalue weighted by Crippen LogP contribution is 2.20. The van der Waals surface area contributed by atoms with E-state index in [9.17, 15) is 0 Å². The molecule has 0 heterocycles. The van der Waals surface area contributed by atoms with Gasteiger partial charge < -0.3 is 9.64 Å². The van der Waals surface area contributed by atoms with Crippen LogP contribution in [0.5, 0.6) is 5.75 Å². The Balaban J connectivity index is 2.48. The maximum atomic E-state index is 5.74. The van der Waals surface area contributed by atoms with Gasteiger partial charge in [0.1, 0.15) is 5.75 Å². The van der Waals surface area contributed by atoms with Crippen LogP contribution in [-0.2, 0) is 0 Å². The number of methoxy groups -OCH3 is 1. The molecular weight excluding hydrogens is 234 g/mol. The number of hydrogen-bond acceptors (Lipinski definition) is 2. The summed E-state index contributed by atoms with van der Waals surface area (Å²) < 4.78 is 5.23. The van der Waals surface area contributed by atoms with E-state index in [0.29, 0.717) is 5.92 Å². The Bertz CT molecular complexity index is 330. The van der Waals surface area contributed by atoms with Crippen molar-refractivity contribution in [3.05, 3.63) is 24.3 Å². The van der Waals surface area contributed by atoms with Crippen molar-refractivity contribution in [3.63, 3.8) is 0 Å². The highest BCUT2D eigenvalue weighted by atomic mass is 35.5. The van der Waals surface area contributed by atoms with Crippen molar-refractivity contribution in [2.75, 3.05) is 31.5 Å². The fourth-order valence-electron chi connectivity index (χ4n) is 1.72. The molecular formula is C14H22ClNO. The molecule has 3 heteroatoms. The molecule has 1 aromatic carbocycles. The number of rotatable bonds is 7. The van der Waals surface area contributed by atoms with Gasteiger partial charge in [-0.2, -0.15) is 0 Å². The lowest BCUT2D eigenvalue weighted by Gasteiger charge is -2.21. The molecule has 0 aliphatic carbocycles. The van der Waals surface area contributed by atoms with E-state index in [2.05, 4.69) is 31.0 Å². The van der Waals surface area contributed by atoms with Crippen LogP contribution >= 0.6 is 11.6 Å². The Labute approximate surface area is 110 Å². The largest absolute Gasteiger partial charge is 0.497 e. The molecule has 17 heavy (non-hydrogen) atoms. The standard InChI is InChI=1S/C14H22ClNO/c1-12(7-9-15)8-10-16(2)13-5-4-6-14(11-13)17-3/h4-6,11-12H,7-10H2,1-3H3. The quantitative estimate of drug-likeness (QED) is 0.688. The molecule has 0 aliphatic heterocycles. The second kappa shape index (κ2) is 7.44. The van der Waals surface area contributed by atoms with E-state index >= 15 is 0 Å². The van der Waals surface area contributed by atoms with Gasteiger partial charge in [0.25, 0.3) is 0 Å². The SMILES string of the molecule is COc1cccc(N(C)CCC(C)CCCl)c1. The van der Waals surface area contributed by atoms with Crippen LogP contribution in [-0.4, -0.2) is 26.6 Å². The van der Waals surface area contributed by atoms with Gasteiger partial charge in [0.2, 0.25) is 0 Å². The molecule has 0 saturated heterocycles. The average molecular weight is 256 g/mol. The first kappa shape index (κ1) is 14.2. The topological polar surface area (TPSA) is 12.5 Å². The molecule has 0 radical (unpaired) electrons.